The summed E-state index contributed by atoms with van der Waals surface area (Å²) >= 11 is 0. The van der Waals surface area contributed by atoms with Crippen LogP contribution >= 0.6 is 0 Å². The minimum absolute atomic E-state index is 0.0527. The van der Waals surface area contributed by atoms with Gasteiger partial charge in [-0.1, -0.05) is 38.1 Å². The van der Waals surface area contributed by atoms with Gasteiger partial charge in [-0.3, -0.25) is 19.3 Å². The van der Waals surface area contributed by atoms with Crippen LogP contribution in [0.25, 0.3) is 21.8 Å². The van der Waals surface area contributed by atoms with Gasteiger partial charge in [0.1, 0.15) is 0 Å². The van der Waals surface area contributed by atoms with E-state index in [1.54, 1.807) is 0 Å². The molecule has 198 valence electrons. The van der Waals surface area contributed by atoms with Crippen molar-refractivity contribution >= 4 is 39.3 Å². The van der Waals surface area contributed by atoms with Crippen molar-refractivity contribution in [3.05, 3.63) is 87.0 Å². The molecule has 7 nitrogen and oxygen atoms in total. The summed E-state index contributed by atoms with van der Waals surface area (Å²) in [4.78, 5) is 42.0. The molecule has 1 atom stereocenters. The third-order valence-corrected chi connectivity index (χ3v) is 8.63. The first-order chi connectivity index (χ1) is 18.8. The Bertz CT molecular complexity index is 1810. The molecule has 3 aliphatic heterocycles. The molecule has 39 heavy (non-hydrogen) atoms. The van der Waals surface area contributed by atoms with Crippen molar-refractivity contribution in [2.24, 2.45) is 5.92 Å². The van der Waals surface area contributed by atoms with Gasteiger partial charge in [0.25, 0.3) is 11.5 Å². The van der Waals surface area contributed by atoms with Crippen LogP contribution in [0.15, 0.2) is 64.7 Å². The van der Waals surface area contributed by atoms with Gasteiger partial charge in [-0.05, 0) is 59.9 Å². The number of carbonyl (C=O) groups is 2. The van der Waals surface area contributed by atoms with Crippen molar-refractivity contribution in [2.75, 3.05) is 11.9 Å². The fraction of sp³-hybridized carbons (Fsp3) is 0.344. The van der Waals surface area contributed by atoms with E-state index in [0.717, 1.165) is 58.9 Å². The van der Waals surface area contributed by atoms with Crippen molar-refractivity contribution in [3.8, 4) is 0 Å². The molecule has 4 aromatic rings. The normalized spacial score (nSPS) is 18.2. The molecule has 3 aliphatic rings. The summed E-state index contributed by atoms with van der Waals surface area (Å²) < 4.78 is 4.17. The number of anilines is 1. The zero-order chi connectivity index (χ0) is 27.0. The van der Waals surface area contributed by atoms with Crippen LogP contribution in [-0.2, 0) is 29.1 Å². The number of aromatic nitrogens is 2. The summed E-state index contributed by atoms with van der Waals surface area (Å²) in [6.45, 7) is 7.53. The van der Waals surface area contributed by atoms with E-state index in [-0.39, 0.29) is 23.9 Å². The average Bonchev–Trinajstić information content (AvgIpc) is 3.40. The zero-order valence-corrected chi connectivity index (χ0v) is 22.6. The first kappa shape index (κ1) is 23.9. The summed E-state index contributed by atoms with van der Waals surface area (Å²) in [7, 11) is 0. The van der Waals surface area contributed by atoms with Gasteiger partial charge in [0.2, 0.25) is 5.91 Å². The van der Waals surface area contributed by atoms with Gasteiger partial charge >= 0.3 is 0 Å². The molecule has 0 aliphatic carbocycles. The van der Waals surface area contributed by atoms with Gasteiger partial charge in [0, 0.05) is 54.5 Å². The number of para-hydroxylation sites is 1. The highest BCUT2D eigenvalue weighted by molar-refractivity contribution is 6.11. The topological polar surface area (TPSA) is 76.3 Å². The molecular weight excluding hydrogens is 488 g/mol. The monoisotopic (exact) mass is 520 g/mol. The first-order valence-corrected chi connectivity index (χ1v) is 13.9. The molecule has 2 amide bonds. The minimum atomic E-state index is -0.581. The molecule has 0 spiro atoms. The molecule has 0 unspecified atom stereocenters. The Morgan fingerprint density at radius 2 is 1.92 bits per heavy atom. The molecule has 5 heterocycles. The van der Waals surface area contributed by atoms with E-state index in [1.807, 2.05) is 22.8 Å². The highest BCUT2D eigenvalue weighted by Crippen LogP contribution is 2.46. The molecule has 2 aromatic carbocycles. The van der Waals surface area contributed by atoms with Gasteiger partial charge in [0.15, 0.2) is 0 Å². The number of aryl methyl sites for hydroxylation is 3. The van der Waals surface area contributed by atoms with Gasteiger partial charge in [-0.2, -0.15) is 0 Å². The maximum absolute atomic E-state index is 14.3. The molecule has 0 radical (unpaired) electrons. The van der Waals surface area contributed by atoms with Crippen LogP contribution in [0.3, 0.4) is 0 Å². The summed E-state index contributed by atoms with van der Waals surface area (Å²) in [5.74, 6) is -0.658. The Hall–Kier alpha value is -4.13. The number of benzene rings is 2. The maximum Gasteiger partial charge on any atom is 0.259 e. The van der Waals surface area contributed by atoms with Crippen LogP contribution in [0, 0.1) is 5.92 Å². The Morgan fingerprint density at radius 1 is 1.10 bits per heavy atom. The highest BCUT2D eigenvalue weighted by atomic mass is 16.2. The second-order valence-corrected chi connectivity index (χ2v) is 11.5. The molecule has 0 bridgehead atoms. The predicted octanol–water partition coefficient (Wildman–Crippen LogP) is 5.15. The van der Waals surface area contributed by atoms with Crippen LogP contribution in [0.1, 0.15) is 56.2 Å². The molecular formula is C32H32N4O3. The fourth-order valence-electron chi connectivity index (χ4n) is 6.77. The lowest BCUT2D eigenvalue weighted by molar-refractivity contribution is -0.139. The second kappa shape index (κ2) is 8.70. The highest BCUT2D eigenvalue weighted by Gasteiger charge is 2.43. The summed E-state index contributed by atoms with van der Waals surface area (Å²) in [5, 5.41) is 5.58. The van der Waals surface area contributed by atoms with E-state index in [2.05, 4.69) is 54.2 Å². The van der Waals surface area contributed by atoms with Crippen LogP contribution < -0.4 is 10.9 Å². The smallest absolute Gasteiger partial charge is 0.259 e. The van der Waals surface area contributed by atoms with Crippen molar-refractivity contribution < 1.29 is 9.59 Å². The number of nitrogens with zero attached hydrogens (tertiary/aromatic N) is 3. The lowest BCUT2D eigenvalue weighted by Gasteiger charge is -2.24. The summed E-state index contributed by atoms with van der Waals surface area (Å²) in [5.41, 5.74) is 6.86. The van der Waals surface area contributed by atoms with Crippen LogP contribution in [0.2, 0.25) is 0 Å². The number of hydrogen-bond acceptors (Lipinski definition) is 4. The van der Waals surface area contributed by atoms with Gasteiger partial charge in [-0.25, -0.2) is 0 Å². The van der Waals surface area contributed by atoms with E-state index in [4.69, 9.17) is 0 Å². The number of nitrogens with one attached hydrogen (secondary N) is 1. The quantitative estimate of drug-likeness (QED) is 0.404. The van der Waals surface area contributed by atoms with E-state index in [9.17, 15) is 14.4 Å². The predicted molar refractivity (Wildman–Crippen MR) is 153 cm³/mol. The molecule has 0 saturated heterocycles. The van der Waals surface area contributed by atoms with Crippen LogP contribution in [-0.4, -0.2) is 32.4 Å². The second-order valence-electron chi connectivity index (χ2n) is 11.5. The fourth-order valence-corrected chi connectivity index (χ4v) is 6.77. The number of imide groups is 1. The first-order valence-electron chi connectivity index (χ1n) is 13.9. The lowest BCUT2D eigenvalue weighted by atomic mass is 9.84. The molecule has 7 rings (SSSR count). The average molecular weight is 521 g/mol. The van der Waals surface area contributed by atoms with Crippen LogP contribution in [0.4, 0.5) is 5.69 Å². The van der Waals surface area contributed by atoms with E-state index in [0.29, 0.717) is 29.3 Å². The number of carbonyl (C=O) groups excluding carboxylic acids is 2. The molecule has 0 saturated carbocycles. The number of pyridine rings is 1. The van der Waals surface area contributed by atoms with E-state index < -0.39 is 5.92 Å². The van der Waals surface area contributed by atoms with Gasteiger partial charge in [-0.15, -0.1) is 0 Å². The number of hydrogen-bond donors (Lipinski definition) is 1. The third kappa shape index (κ3) is 3.52. The maximum atomic E-state index is 14.3. The van der Waals surface area contributed by atoms with Crippen molar-refractivity contribution in [1.82, 2.24) is 14.0 Å². The van der Waals surface area contributed by atoms with Crippen molar-refractivity contribution in [1.29, 1.82) is 0 Å². The summed E-state index contributed by atoms with van der Waals surface area (Å²) in [6.07, 6.45) is 5.02. The molecule has 0 fully saturated rings. The number of rotatable bonds is 4. The van der Waals surface area contributed by atoms with E-state index in [1.165, 1.54) is 17.4 Å². The Morgan fingerprint density at radius 3 is 2.72 bits per heavy atom. The van der Waals surface area contributed by atoms with E-state index >= 15 is 0 Å². The van der Waals surface area contributed by atoms with Gasteiger partial charge in [0.05, 0.1) is 23.2 Å². The van der Waals surface area contributed by atoms with Crippen molar-refractivity contribution in [3.63, 3.8) is 0 Å². The number of amides is 2. The minimum Gasteiger partial charge on any atom is -0.356 e. The van der Waals surface area contributed by atoms with Crippen molar-refractivity contribution in [2.45, 2.75) is 59.0 Å². The SMILES string of the molecule is CC(=O)N1CC2=C(C1=O)[C@H](c1cc3cccc4c3n(c1=O)CCC4)c1cn(CCC(C)C)c3cccc(c13)N2. The zero-order valence-electron chi connectivity index (χ0n) is 22.6. The Balaban J connectivity index is 1.54. The molecule has 2 aromatic heterocycles. The summed E-state index contributed by atoms with van der Waals surface area (Å²) in [6, 6.07) is 14.4. The van der Waals surface area contributed by atoms with Crippen LogP contribution in [0.5, 0.6) is 0 Å². The molecule has 7 heteroatoms. The largest absolute Gasteiger partial charge is 0.356 e. The Kier molecular flexibility index (Phi) is 5.34. The Labute approximate surface area is 226 Å². The third-order valence-electron chi connectivity index (χ3n) is 8.63. The van der Waals surface area contributed by atoms with Gasteiger partial charge < -0.3 is 14.5 Å². The standard InChI is InChI=1S/C32H32N4O3/c1-18(2)12-14-34-16-23-27(22-15-21-8-4-7-20-9-6-13-35(30(20)21)31(22)38)29-25(17-36(19(3)37)32(29)39)33-24-10-5-11-26(34)28(23)24/h4-5,7-8,10-11,15-16,18,27,33H,6,9,12-14,17H2,1-3H3/t27-/m1/s1. The molecule has 1 N–H and O–H groups in total. The lowest BCUT2D eigenvalue weighted by Crippen LogP contribution is -2.34.